The average Bonchev–Trinajstić information content (AvgIpc) is 2.75. The Morgan fingerprint density at radius 3 is 2.33 bits per heavy atom. The van der Waals surface area contributed by atoms with Crippen LogP contribution in [-0.4, -0.2) is 28.3 Å². The van der Waals surface area contributed by atoms with E-state index in [9.17, 15) is 22.6 Å². The molecule has 1 aromatic heterocycles. The van der Waals surface area contributed by atoms with Crippen molar-refractivity contribution in [3.8, 4) is 11.3 Å². The van der Waals surface area contributed by atoms with Crippen molar-refractivity contribution < 1.29 is 47.3 Å². The molecule has 0 atom stereocenters. The molecule has 1 N–H and O–H groups in total. The average molecular weight is 469 g/mol. The van der Waals surface area contributed by atoms with Crippen molar-refractivity contribution in [1.29, 1.82) is 0 Å². The van der Waals surface area contributed by atoms with Crippen molar-refractivity contribution in [3.05, 3.63) is 81.8 Å². The Hall–Kier alpha value is -2.82. The van der Waals surface area contributed by atoms with Crippen LogP contribution in [0, 0.1) is 6.92 Å². The molecule has 0 radical (unpaired) electrons. The number of aryl methyl sites for hydroxylation is 2. The van der Waals surface area contributed by atoms with E-state index in [2.05, 4.69) is 10.3 Å². The predicted molar refractivity (Wildman–Crippen MR) is 118 cm³/mol. The van der Waals surface area contributed by atoms with Gasteiger partial charge in [-0.15, -0.1) is 0 Å². The molecular formula is C23H16N3NaO5S. The van der Waals surface area contributed by atoms with E-state index in [-0.39, 0.29) is 46.6 Å². The third-order valence-electron chi connectivity index (χ3n) is 5.61. The van der Waals surface area contributed by atoms with Gasteiger partial charge in [-0.25, -0.2) is 13.2 Å². The van der Waals surface area contributed by atoms with Crippen LogP contribution in [0.3, 0.4) is 0 Å². The maximum atomic E-state index is 13.5. The van der Waals surface area contributed by atoms with Crippen LogP contribution >= 0.6 is 0 Å². The second-order valence-electron chi connectivity index (χ2n) is 7.64. The Morgan fingerprint density at radius 2 is 1.64 bits per heavy atom. The van der Waals surface area contributed by atoms with E-state index in [4.69, 9.17) is 0 Å². The van der Waals surface area contributed by atoms with Crippen LogP contribution in [-0.2, 0) is 17.2 Å². The molecular weight excluding hydrogens is 453 g/mol. The zero-order chi connectivity index (χ0) is 22.8. The van der Waals surface area contributed by atoms with Gasteiger partial charge in [-0.1, -0.05) is 30.3 Å². The van der Waals surface area contributed by atoms with Crippen molar-refractivity contribution in [1.82, 2.24) is 9.55 Å². The van der Waals surface area contributed by atoms with E-state index in [0.29, 0.717) is 39.0 Å². The van der Waals surface area contributed by atoms with Crippen molar-refractivity contribution in [2.75, 3.05) is 5.32 Å². The number of carbonyl (C=O) groups excluding carboxylic acids is 1. The molecule has 8 nitrogen and oxygen atoms in total. The number of benzene rings is 3. The van der Waals surface area contributed by atoms with Crippen LogP contribution < -0.4 is 40.6 Å². The monoisotopic (exact) mass is 469 g/mol. The van der Waals surface area contributed by atoms with Crippen LogP contribution in [0.1, 0.15) is 21.5 Å². The van der Waals surface area contributed by atoms with Crippen LogP contribution in [0.15, 0.2) is 64.3 Å². The molecule has 0 saturated heterocycles. The summed E-state index contributed by atoms with van der Waals surface area (Å²) in [6, 6.07) is 14.6. The standard InChI is InChI=1S/C23H17N3O5S.Na/c1-12-7-8-15(18(11-12)32(29,30)31)24-16-9-10-17-20-19(16)22(27)14-6-4-3-5-13(14)21(20)25-23(28)26(17)2;/h3-11,24H,1-2H3,(H,29,30,31);/q;+1/p-1. The largest absolute Gasteiger partial charge is 1.00 e. The van der Waals surface area contributed by atoms with E-state index >= 15 is 0 Å². The second kappa shape index (κ2) is 8.19. The van der Waals surface area contributed by atoms with Crippen molar-refractivity contribution in [2.24, 2.45) is 7.05 Å². The first-order valence-electron chi connectivity index (χ1n) is 9.68. The van der Waals surface area contributed by atoms with E-state index in [0.717, 1.165) is 0 Å². The summed E-state index contributed by atoms with van der Waals surface area (Å²) in [6.07, 6.45) is 0. The molecule has 0 spiro atoms. The van der Waals surface area contributed by atoms with Gasteiger partial charge in [0.05, 0.1) is 33.0 Å². The molecule has 5 rings (SSSR count). The molecule has 33 heavy (non-hydrogen) atoms. The molecule has 0 bridgehead atoms. The minimum atomic E-state index is -4.76. The summed E-state index contributed by atoms with van der Waals surface area (Å²) in [6.45, 7) is 1.68. The molecule has 1 aliphatic rings. The first kappa shape index (κ1) is 23.3. The molecule has 0 aliphatic heterocycles. The van der Waals surface area contributed by atoms with E-state index in [1.54, 1.807) is 56.4 Å². The number of nitrogens with one attached hydrogen (secondary N) is 1. The number of carbonyl (C=O) groups is 1. The van der Waals surface area contributed by atoms with Gasteiger partial charge in [0, 0.05) is 23.6 Å². The number of aromatic nitrogens is 2. The fourth-order valence-electron chi connectivity index (χ4n) is 4.08. The van der Waals surface area contributed by atoms with E-state index in [1.807, 2.05) is 0 Å². The molecule has 160 valence electrons. The number of hydrogen-bond acceptors (Lipinski definition) is 7. The minimum Gasteiger partial charge on any atom is -0.744 e. The number of hydrogen-bond donors (Lipinski definition) is 1. The van der Waals surface area contributed by atoms with Gasteiger partial charge in [0.1, 0.15) is 10.1 Å². The van der Waals surface area contributed by atoms with Gasteiger partial charge in [-0.3, -0.25) is 9.36 Å². The number of fused-ring (bicyclic) bond motifs is 2. The Bertz CT molecular complexity index is 1640. The third-order valence-corrected chi connectivity index (χ3v) is 6.48. The molecule has 0 unspecified atom stereocenters. The maximum Gasteiger partial charge on any atom is 1.00 e. The Labute approximate surface area is 211 Å². The normalized spacial score (nSPS) is 12.3. The van der Waals surface area contributed by atoms with E-state index < -0.39 is 20.7 Å². The summed E-state index contributed by atoms with van der Waals surface area (Å²) in [5.41, 5.74) is 2.63. The fourth-order valence-corrected chi connectivity index (χ4v) is 4.80. The van der Waals surface area contributed by atoms with Gasteiger partial charge < -0.3 is 9.87 Å². The summed E-state index contributed by atoms with van der Waals surface area (Å²) >= 11 is 0. The smallest absolute Gasteiger partial charge is 0.744 e. The van der Waals surface area contributed by atoms with Gasteiger partial charge in [0.25, 0.3) is 0 Å². The Balaban J connectivity index is 0.00000259. The number of nitrogens with zero attached hydrogens (tertiary/aromatic N) is 2. The third kappa shape index (κ3) is 3.71. The second-order valence-corrected chi connectivity index (χ2v) is 8.99. The minimum absolute atomic E-state index is 0. The van der Waals surface area contributed by atoms with Crippen molar-refractivity contribution in [3.63, 3.8) is 0 Å². The first-order valence-corrected chi connectivity index (χ1v) is 11.1. The van der Waals surface area contributed by atoms with Crippen LogP contribution in [0.25, 0.3) is 22.2 Å². The number of rotatable bonds is 3. The molecule has 1 aliphatic carbocycles. The van der Waals surface area contributed by atoms with Gasteiger partial charge in [-0.05, 0) is 36.8 Å². The SMILES string of the molecule is Cc1ccc(Nc2ccc3c4c(nc(=O)n3C)-c3ccccc3C(=O)c24)c(S(=O)(=O)[O-])c1.[Na+]. The van der Waals surface area contributed by atoms with Crippen LogP contribution in [0.5, 0.6) is 0 Å². The number of ketones is 1. The summed E-state index contributed by atoms with van der Waals surface area (Å²) < 4.78 is 36.8. The summed E-state index contributed by atoms with van der Waals surface area (Å²) in [7, 11) is -3.19. The van der Waals surface area contributed by atoms with Crippen LogP contribution in [0.2, 0.25) is 0 Å². The zero-order valence-electron chi connectivity index (χ0n) is 18.0. The topological polar surface area (TPSA) is 121 Å². The van der Waals surface area contributed by atoms with E-state index in [1.165, 1.54) is 16.7 Å². The first-order chi connectivity index (χ1) is 15.2. The summed E-state index contributed by atoms with van der Waals surface area (Å²) in [5, 5.41) is 3.44. The van der Waals surface area contributed by atoms with Crippen LogP contribution in [0.4, 0.5) is 11.4 Å². The molecule has 0 amide bonds. The molecule has 3 aromatic carbocycles. The molecule has 4 aromatic rings. The molecule has 1 heterocycles. The fraction of sp³-hybridized carbons (Fsp3) is 0.0870. The summed E-state index contributed by atoms with van der Waals surface area (Å²) in [5.74, 6) is -0.291. The maximum absolute atomic E-state index is 13.5. The summed E-state index contributed by atoms with van der Waals surface area (Å²) in [4.78, 5) is 29.8. The quantitative estimate of drug-likeness (QED) is 0.294. The van der Waals surface area contributed by atoms with Gasteiger partial charge >= 0.3 is 35.2 Å². The predicted octanol–water partition coefficient (Wildman–Crippen LogP) is 0.105. The van der Waals surface area contributed by atoms with Crippen molar-refractivity contribution >= 4 is 38.2 Å². The molecule has 0 saturated carbocycles. The number of anilines is 2. The molecule has 10 heteroatoms. The Kier molecular flexibility index (Phi) is 5.80. The Morgan fingerprint density at radius 1 is 0.970 bits per heavy atom. The van der Waals surface area contributed by atoms with Gasteiger partial charge in [0.2, 0.25) is 0 Å². The zero-order valence-corrected chi connectivity index (χ0v) is 20.9. The van der Waals surface area contributed by atoms with Crippen molar-refractivity contribution in [2.45, 2.75) is 11.8 Å². The molecule has 0 fully saturated rings. The van der Waals surface area contributed by atoms with Gasteiger partial charge in [0.15, 0.2) is 5.78 Å². The van der Waals surface area contributed by atoms with Gasteiger partial charge in [-0.2, -0.15) is 4.98 Å².